The number of benzene rings is 3. The van der Waals surface area contributed by atoms with Crippen molar-refractivity contribution in [3.63, 3.8) is 0 Å². The van der Waals surface area contributed by atoms with Gasteiger partial charge in [0.15, 0.2) is 0 Å². The number of amides is 1. The summed E-state index contributed by atoms with van der Waals surface area (Å²) in [6.45, 7) is 1.81. The molecule has 0 radical (unpaired) electrons. The Labute approximate surface area is 158 Å². The molecule has 0 aliphatic heterocycles. The van der Waals surface area contributed by atoms with Gasteiger partial charge in [-0.25, -0.2) is 0 Å². The summed E-state index contributed by atoms with van der Waals surface area (Å²) in [5, 5.41) is 6.06. The molecule has 0 bridgehead atoms. The summed E-state index contributed by atoms with van der Waals surface area (Å²) in [7, 11) is 1.59. The average Bonchev–Trinajstić information content (AvgIpc) is 2.70. The number of rotatable bonds is 7. The van der Waals surface area contributed by atoms with E-state index in [0.29, 0.717) is 11.4 Å². The fourth-order valence-corrected chi connectivity index (χ4v) is 2.51. The summed E-state index contributed by atoms with van der Waals surface area (Å²) in [5.74, 6) is 2.08. The van der Waals surface area contributed by atoms with Crippen LogP contribution in [0.3, 0.4) is 0 Å². The number of hydrogen-bond donors (Lipinski definition) is 2. The fourth-order valence-electron chi connectivity index (χ4n) is 2.51. The van der Waals surface area contributed by atoms with Gasteiger partial charge in [0.05, 0.1) is 7.11 Å². The van der Waals surface area contributed by atoms with Crippen molar-refractivity contribution in [1.29, 1.82) is 0 Å². The SMILES string of the molecule is COc1cccc(NC(=O)[C@H](C)Nc2ccc(Oc3ccccc3)cc2)c1. The number of carbonyl (C=O) groups excluding carboxylic acids is 1. The molecule has 3 aromatic carbocycles. The molecular weight excluding hydrogens is 340 g/mol. The van der Waals surface area contributed by atoms with Crippen LogP contribution in [0.25, 0.3) is 0 Å². The van der Waals surface area contributed by atoms with Gasteiger partial charge >= 0.3 is 0 Å². The molecule has 0 spiro atoms. The van der Waals surface area contributed by atoms with Crippen LogP contribution in [0, 0.1) is 0 Å². The molecule has 3 aromatic rings. The minimum absolute atomic E-state index is 0.132. The van der Waals surface area contributed by atoms with Crippen molar-refractivity contribution >= 4 is 17.3 Å². The highest BCUT2D eigenvalue weighted by atomic mass is 16.5. The van der Waals surface area contributed by atoms with Gasteiger partial charge in [-0.2, -0.15) is 0 Å². The minimum atomic E-state index is -0.405. The molecule has 0 saturated heterocycles. The van der Waals surface area contributed by atoms with Gasteiger partial charge in [0.1, 0.15) is 23.3 Å². The van der Waals surface area contributed by atoms with E-state index < -0.39 is 6.04 Å². The summed E-state index contributed by atoms with van der Waals surface area (Å²) >= 11 is 0. The lowest BCUT2D eigenvalue weighted by molar-refractivity contribution is -0.116. The molecular formula is C22H22N2O3. The first-order valence-electron chi connectivity index (χ1n) is 8.68. The van der Waals surface area contributed by atoms with E-state index in [4.69, 9.17) is 9.47 Å². The van der Waals surface area contributed by atoms with Gasteiger partial charge < -0.3 is 20.1 Å². The van der Waals surface area contributed by atoms with Crippen molar-refractivity contribution in [2.24, 2.45) is 0 Å². The van der Waals surface area contributed by atoms with E-state index in [1.807, 2.05) is 79.7 Å². The molecule has 3 rings (SSSR count). The van der Waals surface area contributed by atoms with Gasteiger partial charge in [0, 0.05) is 17.4 Å². The predicted octanol–water partition coefficient (Wildman–Crippen LogP) is 4.93. The molecule has 0 fully saturated rings. The zero-order valence-corrected chi connectivity index (χ0v) is 15.3. The van der Waals surface area contributed by atoms with Crippen molar-refractivity contribution in [2.75, 3.05) is 17.7 Å². The highest BCUT2D eigenvalue weighted by Gasteiger charge is 2.13. The zero-order chi connectivity index (χ0) is 19.1. The lowest BCUT2D eigenvalue weighted by Gasteiger charge is -2.16. The molecule has 27 heavy (non-hydrogen) atoms. The molecule has 0 heterocycles. The zero-order valence-electron chi connectivity index (χ0n) is 15.3. The molecule has 1 amide bonds. The van der Waals surface area contributed by atoms with Gasteiger partial charge in [-0.05, 0) is 55.5 Å². The lowest BCUT2D eigenvalue weighted by atomic mass is 10.2. The molecule has 0 unspecified atom stereocenters. The summed E-state index contributed by atoms with van der Waals surface area (Å²) in [6.07, 6.45) is 0. The second-order valence-corrected chi connectivity index (χ2v) is 6.03. The number of ether oxygens (including phenoxy) is 2. The number of nitrogens with one attached hydrogen (secondary N) is 2. The van der Waals surface area contributed by atoms with Crippen molar-refractivity contribution in [2.45, 2.75) is 13.0 Å². The molecule has 0 aliphatic carbocycles. The Hall–Kier alpha value is -3.47. The van der Waals surface area contributed by atoms with E-state index in [1.165, 1.54) is 0 Å². The van der Waals surface area contributed by atoms with Crippen LogP contribution >= 0.6 is 0 Å². The van der Waals surface area contributed by atoms with Crippen molar-refractivity contribution in [1.82, 2.24) is 0 Å². The maximum absolute atomic E-state index is 12.4. The molecule has 0 aromatic heterocycles. The quantitative estimate of drug-likeness (QED) is 0.626. The number of para-hydroxylation sites is 1. The van der Waals surface area contributed by atoms with Crippen LogP contribution in [0.15, 0.2) is 78.9 Å². The van der Waals surface area contributed by atoms with E-state index in [2.05, 4.69) is 10.6 Å². The summed E-state index contributed by atoms with van der Waals surface area (Å²) in [6, 6.07) is 23.9. The van der Waals surface area contributed by atoms with E-state index in [1.54, 1.807) is 13.2 Å². The van der Waals surface area contributed by atoms with Crippen molar-refractivity contribution in [3.8, 4) is 17.2 Å². The summed E-state index contributed by atoms with van der Waals surface area (Å²) in [5.41, 5.74) is 1.53. The van der Waals surface area contributed by atoms with Crippen molar-refractivity contribution < 1.29 is 14.3 Å². The molecule has 1 atom stereocenters. The number of hydrogen-bond acceptors (Lipinski definition) is 4. The monoisotopic (exact) mass is 362 g/mol. The number of methoxy groups -OCH3 is 1. The van der Waals surface area contributed by atoms with Crippen LogP contribution in [0.2, 0.25) is 0 Å². The molecule has 5 nitrogen and oxygen atoms in total. The van der Waals surface area contributed by atoms with E-state index in [0.717, 1.165) is 17.2 Å². The van der Waals surface area contributed by atoms with Crippen LogP contribution in [0.1, 0.15) is 6.92 Å². The Bertz CT molecular complexity index is 880. The van der Waals surface area contributed by atoms with Crippen LogP contribution < -0.4 is 20.1 Å². The average molecular weight is 362 g/mol. The highest BCUT2D eigenvalue weighted by molar-refractivity contribution is 5.96. The van der Waals surface area contributed by atoms with Crippen LogP contribution in [0.4, 0.5) is 11.4 Å². The minimum Gasteiger partial charge on any atom is -0.497 e. The second kappa shape index (κ2) is 8.76. The first-order chi connectivity index (χ1) is 13.1. The van der Waals surface area contributed by atoms with Crippen LogP contribution in [-0.4, -0.2) is 19.1 Å². The molecule has 2 N–H and O–H groups in total. The first kappa shape index (κ1) is 18.3. The van der Waals surface area contributed by atoms with E-state index in [-0.39, 0.29) is 5.91 Å². The highest BCUT2D eigenvalue weighted by Crippen LogP contribution is 2.23. The van der Waals surface area contributed by atoms with E-state index >= 15 is 0 Å². The number of anilines is 2. The molecule has 0 saturated carbocycles. The molecule has 0 aliphatic rings. The maximum atomic E-state index is 12.4. The normalized spacial score (nSPS) is 11.3. The topological polar surface area (TPSA) is 59.6 Å². The third-order valence-electron chi connectivity index (χ3n) is 3.95. The standard InChI is InChI=1S/C22H22N2O3/c1-16(22(25)24-18-7-6-10-21(15-18)26-2)23-17-11-13-20(14-12-17)27-19-8-4-3-5-9-19/h3-16,23H,1-2H3,(H,24,25)/t16-/m0/s1. The first-order valence-corrected chi connectivity index (χ1v) is 8.68. The van der Waals surface area contributed by atoms with Gasteiger partial charge in [-0.3, -0.25) is 4.79 Å². The smallest absolute Gasteiger partial charge is 0.246 e. The Balaban J connectivity index is 1.56. The van der Waals surface area contributed by atoms with Crippen molar-refractivity contribution in [3.05, 3.63) is 78.9 Å². The van der Waals surface area contributed by atoms with Crippen LogP contribution in [-0.2, 0) is 4.79 Å². The lowest BCUT2D eigenvalue weighted by Crippen LogP contribution is -2.31. The third kappa shape index (κ3) is 5.25. The predicted molar refractivity (Wildman–Crippen MR) is 108 cm³/mol. The fraction of sp³-hybridized carbons (Fsp3) is 0.136. The Morgan fingerprint density at radius 1 is 0.815 bits per heavy atom. The largest absolute Gasteiger partial charge is 0.497 e. The Morgan fingerprint density at radius 2 is 1.48 bits per heavy atom. The maximum Gasteiger partial charge on any atom is 0.246 e. The molecule has 138 valence electrons. The van der Waals surface area contributed by atoms with Gasteiger partial charge in [-0.1, -0.05) is 24.3 Å². The van der Waals surface area contributed by atoms with Gasteiger partial charge in [0.2, 0.25) is 5.91 Å². The second-order valence-electron chi connectivity index (χ2n) is 6.03. The van der Waals surface area contributed by atoms with E-state index in [9.17, 15) is 4.79 Å². The Morgan fingerprint density at radius 3 is 2.19 bits per heavy atom. The number of carbonyl (C=O) groups is 1. The van der Waals surface area contributed by atoms with Gasteiger partial charge in [0.25, 0.3) is 0 Å². The van der Waals surface area contributed by atoms with Gasteiger partial charge in [-0.15, -0.1) is 0 Å². The third-order valence-corrected chi connectivity index (χ3v) is 3.95. The molecule has 5 heteroatoms. The summed E-state index contributed by atoms with van der Waals surface area (Å²) in [4.78, 5) is 12.4. The summed E-state index contributed by atoms with van der Waals surface area (Å²) < 4.78 is 10.9. The Kier molecular flexibility index (Phi) is 5.94. The van der Waals surface area contributed by atoms with Crippen LogP contribution in [0.5, 0.6) is 17.2 Å².